The molecule has 6 nitrogen and oxygen atoms in total. The molecule has 1 saturated heterocycles. The minimum absolute atomic E-state index is 0.572. The number of anilines is 1. The highest BCUT2D eigenvalue weighted by atomic mass is 16.4. The minimum atomic E-state index is 0.572. The highest BCUT2D eigenvalue weighted by Gasteiger charge is 2.16. The maximum absolute atomic E-state index is 5.75. The fraction of sp³-hybridized carbons (Fsp3) is 0.556. The number of nitrogens with zero attached hydrogens (tertiary/aromatic N) is 5. The minimum Gasteiger partial charge on any atom is -0.407 e. The fourth-order valence-electron chi connectivity index (χ4n) is 3.10. The Labute approximate surface area is 144 Å². The van der Waals surface area contributed by atoms with E-state index in [9.17, 15) is 0 Å². The maximum Gasteiger partial charge on any atom is 0.318 e. The summed E-state index contributed by atoms with van der Waals surface area (Å²) in [6, 6.07) is 9.22. The molecule has 0 amide bonds. The molecule has 0 unspecified atom stereocenters. The second-order valence-electron chi connectivity index (χ2n) is 6.82. The van der Waals surface area contributed by atoms with Crippen LogP contribution in [0.4, 0.5) is 6.01 Å². The Morgan fingerprint density at radius 2 is 1.71 bits per heavy atom. The summed E-state index contributed by atoms with van der Waals surface area (Å²) in [5.74, 6) is 0.646. The first-order chi connectivity index (χ1) is 11.6. The molecule has 24 heavy (non-hydrogen) atoms. The summed E-state index contributed by atoms with van der Waals surface area (Å²) in [6.07, 6.45) is 2.64. The summed E-state index contributed by atoms with van der Waals surface area (Å²) < 4.78 is 5.75. The van der Waals surface area contributed by atoms with Gasteiger partial charge in [0.05, 0.1) is 6.54 Å². The van der Waals surface area contributed by atoms with Crippen LogP contribution < -0.4 is 4.90 Å². The van der Waals surface area contributed by atoms with Crippen LogP contribution >= 0.6 is 0 Å². The molecule has 1 aliphatic rings. The number of hydrogen-bond donors (Lipinski definition) is 0. The average Bonchev–Trinajstić information content (AvgIpc) is 3.20. The van der Waals surface area contributed by atoms with Crippen LogP contribution in [0.1, 0.15) is 29.9 Å². The Kier molecular flexibility index (Phi) is 5.48. The molecule has 1 aromatic heterocycles. The fourth-order valence-corrected chi connectivity index (χ4v) is 3.10. The van der Waals surface area contributed by atoms with Gasteiger partial charge in [-0.25, -0.2) is 0 Å². The monoisotopic (exact) mass is 329 g/mol. The molecule has 0 aliphatic carbocycles. The van der Waals surface area contributed by atoms with Crippen LogP contribution in [0.3, 0.4) is 0 Å². The van der Waals surface area contributed by atoms with Crippen molar-refractivity contribution in [2.75, 3.05) is 39.1 Å². The van der Waals surface area contributed by atoms with Crippen molar-refractivity contribution < 1.29 is 4.42 Å². The highest BCUT2D eigenvalue weighted by molar-refractivity contribution is 5.32. The van der Waals surface area contributed by atoms with E-state index < -0.39 is 0 Å². The van der Waals surface area contributed by atoms with Crippen LogP contribution in [-0.4, -0.2) is 54.2 Å². The molecule has 0 radical (unpaired) electrons. The van der Waals surface area contributed by atoms with Crippen molar-refractivity contribution in [2.24, 2.45) is 0 Å². The van der Waals surface area contributed by atoms with Gasteiger partial charge < -0.3 is 14.2 Å². The summed E-state index contributed by atoms with van der Waals surface area (Å²) in [4.78, 5) is 6.57. The molecule has 130 valence electrons. The van der Waals surface area contributed by atoms with Crippen LogP contribution in [0.15, 0.2) is 28.7 Å². The molecule has 2 heterocycles. The average molecular weight is 329 g/mol. The van der Waals surface area contributed by atoms with E-state index in [0.29, 0.717) is 18.5 Å². The van der Waals surface area contributed by atoms with Crippen molar-refractivity contribution in [2.45, 2.75) is 32.5 Å². The van der Waals surface area contributed by atoms with Crippen molar-refractivity contribution in [3.63, 3.8) is 0 Å². The van der Waals surface area contributed by atoms with Gasteiger partial charge in [-0.3, -0.25) is 4.90 Å². The number of hydrogen-bond acceptors (Lipinski definition) is 6. The number of likely N-dealkylation sites (tertiary alicyclic amines) is 1. The molecular weight excluding hydrogens is 302 g/mol. The van der Waals surface area contributed by atoms with Gasteiger partial charge in [0.2, 0.25) is 5.89 Å². The summed E-state index contributed by atoms with van der Waals surface area (Å²) in [7, 11) is 5.98. The van der Waals surface area contributed by atoms with Gasteiger partial charge in [-0.2, -0.15) is 0 Å². The lowest BCUT2D eigenvalue weighted by Crippen LogP contribution is -2.22. The van der Waals surface area contributed by atoms with Gasteiger partial charge in [0.1, 0.15) is 0 Å². The van der Waals surface area contributed by atoms with Gasteiger partial charge in [0, 0.05) is 20.1 Å². The Hall–Kier alpha value is -1.92. The molecule has 0 spiro atoms. The lowest BCUT2D eigenvalue weighted by atomic mass is 10.1. The topological polar surface area (TPSA) is 48.6 Å². The van der Waals surface area contributed by atoms with E-state index in [0.717, 1.165) is 13.1 Å². The van der Waals surface area contributed by atoms with Gasteiger partial charge in [-0.15, -0.1) is 5.10 Å². The number of rotatable bonds is 7. The third kappa shape index (κ3) is 4.33. The van der Waals surface area contributed by atoms with Gasteiger partial charge in [-0.05, 0) is 51.2 Å². The number of benzene rings is 1. The maximum atomic E-state index is 5.75. The smallest absolute Gasteiger partial charge is 0.318 e. The van der Waals surface area contributed by atoms with E-state index in [4.69, 9.17) is 4.42 Å². The largest absolute Gasteiger partial charge is 0.407 e. The van der Waals surface area contributed by atoms with E-state index >= 15 is 0 Å². The lowest BCUT2D eigenvalue weighted by molar-refractivity contribution is 0.330. The van der Waals surface area contributed by atoms with Crippen molar-refractivity contribution in [3.8, 4) is 0 Å². The molecule has 0 saturated carbocycles. The zero-order valence-corrected chi connectivity index (χ0v) is 14.9. The zero-order valence-electron chi connectivity index (χ0n) is 14.9. The molecule has 1 fully saturated rings. The quantitative estimate of drug-likeness (QED) is 0.777. The number of aromatic nitrogens is 2. The molecule has 2 aromatic rings. The first kappa shape index (κ1) is 16.9. The Morgan fingerprint density at radius 1 is 1.00 bits per heavy atom. The van der Waals surface area contributed by atoms with E-state index in [1.54, 1.807) is 0 Å². The summed E-state index contributed by atoms with van der Waals surface area (Å²) >= 11 is 0. The SMILES string of the molecule is CN(C)Cc1nnc(N(C)Cc2ccccc2CN2CCCC2)o1. The third-order valence-electron chi connectivity index (χ3n) is 4.35. The van der Waals surface area contributed by atoms with E-state index in [1.165, 1.54) is 37.1 Å². The van der Waals surface area contributed by atoms with Gasteiger partial charge >= 0.3 is 6.01 Å². The summed E-state index contributed by atoms with van der Waals surface area (Å²) in [6.45, 7) is 4.88. The molecule has 0 bridgehead atoms. The normalized spacial score (nSPS) is 15.3. The van der Waals surface area contributed by atoms with Gasteiger partial charge in [0.25, 0.3) is 0 Å². The van der Waals surface area contributed by atoms with Crippen LogP contribution in [0.2, 0.25) is 0 Å². The van der Waals surface area contributed by atoms with Crippen molar-refractivity contribution in [1.29, 1.82) is 0 Å². The Bertz CT molecular complexity index is 648. The predicted octanol–water partition coefficient (Wildman–Crippen LogP) is 2.36. The van der Waals surface area contributed by atoms with Crippen molar-refractivity contribution in [1.82, 2.24) is 20.0 Å². The highest BCUT2D eigenvalue weighted by Crippen LogP contribution is 2.20. The first-order valence-electron chi connectivity index (χ1n) is 8.59. The molecule has 1 aliphatic heterocycles. The van der Waals surface area contributed by atoms with Crippen LogP contribution in [0.25, 0.3) is 0 Å². The van der Waals surface area contributed by atoms with Crippen molar-refractivity contribution in [3.05, 3.63) is 41.3 Å². The molecule has 1 aromatic carbocycles. The Morgan fingerprint density at radius 3 is 2.42 bits per heavy atom. The summed E-state index contributed by atoms with van der Waals surface area (Å²) in [5.41, 5.74) is 2.71. The lowest BCUT2D eigenvalue weighted by Gasteiger charge is -2.20. The second-order valence-corrected chi connectivity index (χ2v) is 6.82. The predicted molar refractivity (Wildman–Crippen MR) is 94.7 cm³/mol. The van der Waals surface area contributed by atoms with Gasteiger partial charge in [0.15, 0.2) is 0 Å². The third-order valence-corrected chi connectivity index (χ3v) is 4.35. The standard InChI is InChI=1S/C18H27N5O/c1-21(2)14-17-19-20-18(24-17)22(3)12-15-8-4-5-9-16(15)13-23-10-6-7-11-23/h4-5,8-9H,6-7,10-14H2,1-3H3. The molecule has 0 N–H and O–H groups in total. The first-order valence-corrected chi connectivity index (χ1v) is 8.59. The molecular formula is C18H27N5O. The van der Waals surface area contributed by atoms with Crippen LogP contribution in [0.5, 0.6) is 0 Å². The van der Waals surface area contributed by atoms with Crippen LogP contribution in [-0.2, 0) is 19.6 Å². The zero-order chi connectivity index (χ0) is 16.9. The van der Waals surface area contributed by atoms with Crippen molar-refractivity contribution >= 4 is 6.01 Å². The molecule has 6 heteroatoms. The van der Waals surface area contributed by atoms with E-state index in [2.05, 4.69) is 39.4 Å². The molecule has 3 rings (SSSR count). The molecule has 0 atom stereocenters. The van der Waals surface area contributed by atoms with Gasteiger partial charge in [-0.1, -0.05) is 29.4 Å². The second kappa shape index (κ2) is 7.77. The Balaban J connectivity index is 1.67. The summed E-state index contributed by atoms with van der Waals surface area (Å²) in [5, 5.41) is 8.29. The van der Waals surface area contributed by atoms with E-state index in [-0.39, 0.29) is 0 Å². The van der Waals surface area contributed by atoms with Crippen LogP contribution in [0, 0.1) is 0 Å². The van der Waals surface area contributed by atoms with E-state index in [1.807, 2.05) is 30.9 Å².